The van der Waals surface area contributed by atoms with E-state index in [2.05, 4.69) is 57.8 Å². The number of nitrogens with zero attached hydrogens (tertiary/aromatic N) is 5. The van der Waals surface area contributed by atoms with Crippen LogP contribution in [-0.4, -0.2) is 102 Å². The topological polar surface area (TPSA) is 72.3 Å². The Hall–Kier alpha value is -1.11. The second kappa shape index (κ2) is 10.1. The van der Waals surface area contributed by atoms with E-state index >= 15 is 0 Å². The van der Waals surface area contributed by atoms with E-state index in [1.54, 1.807) is 0 Å². The Balaban J connectivity index is 1.21. The van der Waals surface area contributed by atoms with Crippen LogP contribution >= 0.6 is 22.6 Å². The lowest BCUT2D eigenvalue weighted by atomic mass is 9.61. The Morgan fingerprint density at radius 2 is 1.92 bits per heavy atom. The van der Waals surface area contributed by atoms with Crippen LogP contribution in [0.3, 0.4) is 0 Å². The van der Waals surface area contributed by atoms with Gasteiger partial charge in [0.25, 0.3) is 0 Å². The highest BCUT2D eigenvalue weighted by molar-refractivity contribution is 14.1. The number of halogens is 1. The standard InChI is InChI=1S/C27H44IN5O4/c1-7-26(6)16-30(14-21-15-35-10-11-36-21)8-9-32(26)23-22(28)19(2)33(29-23)20-12-27(13-20)17-31(18-27)24(34)37-25(3,4)5/h20-21H,7-18H2,1-6H3/t21-,26+/m1/s1. The molecule has 3 aliphatic heterocycles. The molecular formula is C27H44IN5O4. The minimum atomic E-state index is -0.447. The second-order valence-corrected chi connectivity index (χ2v) is 13.9. The minimum absolute atomic E-state index is 0.0159. The van der Waals surface area contributed by atoms with E-state index < -0.39 is 5.60 Å². The normalized spacial score (nSPS) is 28.8. The first-order chi connectivity index (χ1) is 17.4. The molecule has 5 rings (SSSR count). The number of ether oxygens (including phenoxy) is 3. The summed E-state index contributed by atoms with van der Waals surface area (Å²) in [5.74, 6) is 1.13. The van der Waals surface area contributed by atoms with E-state index in [1.165, 1.54) is 9.26 Å². The van der Waals surface area contributed by atoms with E-state index in [4.69, 9.17) is 19.3 Å². The van der Waals surface area contributed by atoms with Crippen LogP contribution in [-0.2, 0) is 14.2 Å². The van der Waals surface area contributed by atoms with Crippen molar-refractivity contribution in [3.8, 4) is 0 Å². The van der Waals surface area contributed by atoms with Crippen molar-refractivity contribution in [2.45, 2.75) is 84.1 Å². The number of hydrogen-bond acceptors (Lipinski definition) is 7. The van der Waals surface area contributed by atoms with Crippen LogP contribution in [0.2, 0.25) is 0 Å². The van der Waals surface area contributed by atoms with Gasteiger partial charge in [0.2, 0.25) is 0 Å². The van der Waals surface area contributed by atoms with Gasteiger partial charge in [-0.15, -0.1) is 0 Å². The Morgan fingerprint density at radius 3 is 2.54 bits per heavy atom. The SMILES string of the molecule is CC[C@@]1(C)CN(C[C@@H]2COCCO2)CCN1c1nn(C2CC3(C2)CN(C(=O)OC(C)(C)C)C3)c(C)c1I. The molecule has 4 heterocycles. The Kier molecular flexibility index (Phi) is 7.52. The van der Waals surface area contributed by atoms with Gasteiger partial charge in [-0.1, -0.05) is 6.92 Å². The quantitative estimate of drug-likeness (QED) is 0.455. The largest absolute Gasteiger partial charge is 0.444 e. The third kappa shape index (κ3) is 5.49. The highest BCUT2D eigenvalue weighted by atomic mass is 127. The first-order valence-corrected chi connectivity index (χ1v) is 14.9. The lowest BCUT2D eigenvalue weighted by molar-refractivity contribution is -0.0996. The predicted octanol–water partition coefficient (Wildman–Crippen LogP) is 4.07. The molecule has 208 valence electrons. The average Bonchev–Trinajstić information content (AvgIpc) is 3.06. The smallest absolute Gasteiger partial charge is 0.410 e. The zero-order chi connectivity index (χ0) is 26.6. The van der Waals surface area contributed by atoms with E-state index in [-0.39, 0.29) is 23.2 Å². The number of anilines is 1. The molecule has 2 atom stereocenters. The van der Waals surface area contributed by atoms with Crippen LogP contribution in [0.1, 0.15) is 65.6 Å². The number of likely N-dealkylation sites (tertiary alicyclic amines) is 1. The highest BCUT2D eigenvalue weighted by Crippen LogP contribution is 2.55. The van der Waals surface area contributed by atoms with E-state index in [0.717, 1.165) is 64.3 Å². The number of carbonyl (C=O) groups is 1. The lowest BCUT2D eigenvalue weighted by Gasteiger charge is -2.58. The molecule has 10 heteroatoms. The second-order valence-electron chi connectivity index (χ2n) is 12.9. The van der Waals surface area contributed by atoms with Gasteiger partial charge in [0, 0.05) is 44.7 Å². The molecule has 1 aromatic rings. The van der Waals surface area contributed by atoms with E-state index in [9.17, 15) is 4.79 Å². The van der Waals surface area contributed by atoms with Crippen LogP contribution in [0.25, 0.3) is 0 Å². The van der Waals surface area contributed by atoms with Crippen molar-refractivity contribution in [1.82, 2.24) is 19.6 Å². The van der Waals surface area contributed by atoms with Crippen molar-refractivity contribution in [1.29, 1.82) is 0 Å². The molecule has 9 nitrogen and oxygen atoms in total. The van der Waals surface area contributed by atoms with Crippen molar-refractivity contribution in [3.63, 3.8) is 0 Å². The maximum absolute atomic E-state index is 12.4. The van der Waals surface area contributed by atoms with Crippen molar-refractivity contribution in [2.24, 2.45) is 5.41 Å². The molecule has 1 aliphatic carbocycles. The maximum atomic E-state index is 12.4. The van der Waals surface area contributed by atoms with Crippen LogP contribution in [0.4, 0.5) is 10.6 Å². The van der Waals surface area contributed by atoms with Crippen LogP contribution in [0.5, 0.6) is 0 Å². The molecule has 0 N–H and O–H groups in total. The number of amides is 1. The fourth-order valence-electron chi connectivity index (χ4n) is 6.51. The first kappa shape index (κ1) is 27.5. The van der Waals surface area contributed by atoms with Gasteiger partial charge in [-0.05, 0) is 76.5 Å². The summed E-state index contributed by atoms with van der Waals surface area (Å²) in [4.78, 5) is 19.3. The van der Waals surface area contributed by atoms with E-state index in [0.29, 0.717) is 25.9 Å². The van der Waals surface area contributed by atoms with Gasteiger partial charge in [-0.2, -0.15) is 5.10 Å². The third-order valence-corrected chi connectivity index (χ3v) is 9.93. The van der Waals surface area contributed by atoms with Gasteiger partial charge in [-0.25, -0.2) is 4.79 Å². The molecule has 0 aromatic carbocycles. The molecule has 4 fully saturated rings. The summed E-state index contributed by atoms with van der Waals surface area (Å²) in [6.07, 6.45) is 3.20. The summed E-state index contributed by atoms with van der Waals surface area (Å²) >= 11 is 2.50. The van der Waals surface area contributed by atoms with Crippen molar-refractivity contribution in [2.75, 3.05) is 64.0 Å². The molecule has 1 aromatic heterocycles. The van der Waals surface area contributed by atoms with Gasteiger partial charge in [0.15, 0.2) is 5.82 Å². The summed E-state index contributed by atoms with van der Waals surface area (Å²) in [5, 5.41) is 5.23. The molecule has 0 radical (unpaired) electrons. The molecule has 1 amide bonds. The highest BCUT2D eigenvalue weighted by Gasteiger charge is 2.55. The summed E-state index contributed by atoms with van der Waals surface area (Å²) in [7, 11) is 0. The van der Waals surface area contributed by atoms with Crippen molar-refractivity contribution < 1.29 is 19.0 Å². The van der Waals surface area contributed by atoms with Crippen LogP contribution in [0, 0.1) is 15.9 Å². The van der Waals surface area contributed by atoms with E-state index in [1.807, 2.05) is 25.7 Å². The number of aromatic nitrogens is 2. The first-order valence-electron chi connectivity index (χ1n) is 13.8. The molecule has 0 unspecified atom stereocenters. The van der Waals surface area contributed by atoms with Gasteiger partial charge < -0.3 is 24.0 Å². The lowest BCUT2D eigenvalue weighted by Crippen LogP contribution is -2.64. The molecule has 0 bridgehead atoms. The Labute approximate surface area is 235 Å². The Morgan fingerprint density at radius 1 is 1.19 bits per heavy atom. The minimum Gasteiger partial charge on any atom is -0.444 e. The Bertz CT molecular complexity index is 990. The fourth-order valence-corrected chi connectivity index (χ4v) is 7.16. The molecule has 4 aliphatic rings. The van der Waals surface area contributed by atoms with Crippen LogP contribution < -0.4 is 4.90 Å². The molecule has 1 saturated carbocycles. The number of rotatable bonds is 5. The van der Waals surface area contributed by atoms with Gasteiger partial charge >= 0.3 is 6.09 Å². The number of carbonyl (C=O) groups excluding carboxylic acids is 1. The van der Waals surface area contributed by atoms with Gasteiger partial charge in [0.1, 0.15) is 5.60 Å². The monoisotopic (exact) mass is 629 g/mol. The summed E-state index contributed by atoms with van der Waals surface area (Å²) in [5.41, 5.74) is 1.06. The summed E-state index contributed by atoms with van der Waals surface area (Å²) < 4.78 is 20.6. The fraction of sp³-hybridized carbons (Fsp3) is 0.852. The number of piperazine rings is 1. The van der Waals surface area contributed by atoms with Crippen molar-refractivity contribution in [3.05, 3.63) is 9.26 Å². The third-order valence-electron chi connectivity index (χ3n) is 8.67. The zero-order valence-corrected chi connectivity index (χ0v) is 25.5. The molecule has 37 heavy (non-hydrogen) atoms. The van der Waals surface area contributed by atoms with Gasteiger partial charge in [-0.3, -0.25) is 9.58 Å². The predicted molar refractivity (Wildman–Crippen MR) is 151 cm³/mol. The number of hydrogen-bond donors (Lipinski definition) is 0. The average molecular weight is 630 g/mol. The molecule has 3 saturated heterocycles. The molecule has 1 spiro atoms. The summed E-state index contributed by atoms with van der Waals surface area (Å²) in [6, 6.07) is 0.403. The van der Waals surface area contributed by atoms with Gasteiger partial charge in [0.05, 0.1) is 46.8 Å². The van der Waals surface area contributed by atoms with Crippen molar-refractivity contribution >= 4 is 34.5 Å². The zero-order valence-electron chi connectivity index (χ0n) is 23.4. The van der Waals surface area contributed by atoms with Crippen LogP contribution in [0.15, 0.2) is 0 Å². The molecular weight excluding hydrogens is 585 g/mol. The summed E-state index contributed by atoms with van der Waals surface area (Å²) in [6.45, 7) is 20.2. The maximum Gasteiger partial charge on any atom is 0.410 e.